The van der Waals surface area contributed by atoms with Crippen LogP contribution in [0.25, 0.3) is 33.5 Å². The number of benzene rings is 2. The van der Waals surface area contributed by atoms with Gasteiger partial charge >= 0.3 is 0 Å². The fourth-order valence-corrected chi connectivity index (χ4v) is 4.35. The quantitative estimate of drug-likeness (QED) is 0.454. The van der Waals surface area contributed by atoms with Crippen LogP contribution in [0.2, 0.25) is 0 Å². The van der Waals surface area contributed by atoms with Crippen LogP contribution < -0.4 is 0 Å². The largest absolute Gasteiger partial charge is 0.336 e. The van der Waals surface area contributed by atoms with E-state index in [4.69, 9.17) is 4.98 Å². The zero-order valence-electron chi connectivity index (χ0n) is 15.1. The van der Waals surface area contributed by atoms with Crippen molar-refractivity contribution in [3.8, 4) is 22.6 Å². The predicted molar refractivity (Wildman–Crippen MR) is 110 cm³/mol. The van der Waals surface area contributed by atoms with Gasteiger partial charge in [-0.05, 0) is 43.3 Å². The van der Waals surface area contributed by atoms with E-state index in [-0.39, 0.29) is 0 Å². The summed E-state index contributed by atoms with van der Waals surface area (Å²) in [6.07, 6.45) is 3.90. The highest BCUT2D eigenvalue weighted by molar-refractivity contribution is 7.99. The molecule has 0 saturated heterocycles. The van der Waals surface area contributed by atoms with Crippen LogP contribution in [0.3, 0.4) is 0 Å². The van der Waals surface area contributed by atoms with Crippen LogP contribution in [0.1, 0.15) is 5.56 Å². The molecule has 5 rings (SSSR count). The minimum Gasteiger partial charge on any atom is -0.336 e. The average molecular weight is 370 g/mol. The van der Waals surface area contributed by atoms with E-state index in [9.17, 15) is 0 Å². The first-order valence-corrected chi connectivity index (χ1v) is 9.64. The summed E-state index contributed by atoms with van der Waals surface area (Å²) >= 11 is 1.77. The standard InChI is InChI=1S/C22H18N4S/c1-14-5-8-17(9-6-14)27-21-18-4-3-11-26(2)22(18)24-20(21)15-7-10-19-16(12-15)13-23-25-19/h3-13H,1-2H3,(H,23,25). The van der Waals surface area contributed by atoms with Gasteiger partial charge in [-0.2, -0.15) is 5.10 Å². The molecule has 1 N–H and O–H groups in total. The normalized spacial score (nSPS) is 11.5. The van der Waals surface area contributed by atoms with E-state index >= 15 is 0 Å². The smallest absolute Gasteiger partial charge is 0.141 e. The lowest BCUT2D eigenvalue weighted by Gasteiger charge is -2.08. The Morgan fingerprint density at radius 2 is 1.89 bits per heavy atom. The summed E-state index contributed by atoms with van der Waals surface area (Å²) in [6.45, 7) is 2.11. The van der Waals surface area contributed by atoms with Crippen LogP contribution in [0.5, 0.6) is 0 Å². The number of nitrogens with one attached hydrogen (secondary N) is 1. The number of H-pyrrole nitrogens is 1. The van der Waals surface area contributed by atoms with Crippen molar-refractivity contribution in [2.45, 2.75) is 16.7 Å². The van der Waals surface area contributed by atoms with Gasteiger partial charge in [-0.15, -0.1) is 0 Å². The lowest BCUT2D eigenvalue weighted by Crippen LogP contribution is -1.95. The van der Waals surface area contributed by atoms with E-state index < -0.39 is 0 Å². The Hall–Kier alpha value is -3.05. The van der Waals surface area contributed by atoms with Crippen LogP contribution >= 0.6 is 11.8 Å². The molecule has 1 aromatic heterocycles. The number of pyridine rings is 1. The summed E-state index contributed by atoms with van der Waals surface area (Å²) in [4.78, 5) is 7.40. The van der Waals surface area contributed by atoms with E-state index in [1.54, 1.807) is 11.8 Å². The van der Waals surface area contributed by atoms with Crippen LogP contribution in [-0.4, -0.2) is 19.7 Å². The SMILES string of the molecule is Cc1ccc(Sc2c3cccn(C)c-3nc2-c2ccc3[nH]ncc3c2)cc1. The topological polar surface area (TPSA) is 46.5 Å². The number of aromatic amines is 1. The first-order chi connectivity index (χ1) is 13.2. The molecule has 0 fully saturated rings. The van der Waals surface area contributed by atoms with Gasteiger partial charge in [0.1, 0.15) is 5.82 Å². The van der Waals surface area contributed by atoms with Gasteiger partial charge in [0.2, 0.25) is 0 Å². The molecular formula is C22H18N4S. The molecule has 132 valence electrons. The summed E-state index contributed by atoms with van der Waals surface area (Å²) in [6, 6.07) is 19.2. The number of aromatic nitrogens is 4. The van der Waals surface area contributed by atoms with Crippen molar-refractivity contribution in [1.82, 2.24) is 19.7 Å². The molecule has 4 nitrogen and oxygen atoms in total. The van der Waals surface area contributed by atoms with Gasteiger partial charge in [0.05, 0.1) is 17.4 Å². The van der Waals surface area contributed by atoms with Gasteiger partial charge in [-0.3, -0.25) is 5.10 Å². The third-order valence-electron chi connectivity index (χ3n) is 4.78. The average Bonchev–Trinajstić information content (AvgIpc) is 3.29. The van der Waals surface area contributed by atoms with E-state index in [1.807, 2.05) is 19.4 Å². The first-order valence-electron chi connectivity index (χ1n) is 8.82. The molecule has 0 bridgehead atoms. The third kappa shape index (κ3) is 2.80. The molecule has 2 aliphatic heterocycles. The number of fused-ring (bicyclic) bond motifs is 2. The van der Waals surface area contributed by atoms with E-state index in [2.05, 4.69) is 76.3 Å². The Labute approximate surface area is 161 Å². The summed E-state index contributed by atoms with van der Waals surface area (Å²) in [5.41, 5.74) is 5.60. The van der Waals surface area contributed by atoms with Crippen LogP contribution in [0, 0.1) is 6.92 Å². The molecule has 0 aliphatic carbocycles. The lowest BCUT2D eigenvalue weighted by atomic mass is 10.1. The summed E-state index contributed by atoms with van der Waals surface area (Å²) in [5.74, 6) is 0.995. The highest BCUT2D eigenvalue weighted by Gasteiger charge is 2.22. The summed E-state index contributed by atoms with van der Waals surface area (Å²) in [5, 5.41) is 8.24. The van der Waals surface area contributed by atoms with Crippen molar-refractivity contribution in [2.24, 2.45) is 7.05 Å². The van der Waals surface area contributed by atoms with Crippen molar-refractivity contribution in [2.75, 3.05) is 0 Å². The van der Waals surface area contributed by atoms with Crippen molar-refractivity contribution in [3.05, 3.63) is 72.6 Å². The second-order valence-electron chi connectivity index (χ2n) is 6.73. The van der Waals surface area contributed by atoms with E-state index in [0.29, 0.717) is 0 Å². The number of aryl methyl sites for hydroxylation is 2. The molecule has 0 saturated carbocycles. The van der Waals surface area contributed by atoms with Gasteiger partial charge < -0.3 is 4.57 Å². The van der Waals surface area contributed by atoms with Crippen molar-refractivity contribution in [1.29, 1.82) is 0 Å². The van der Waals surface area contributed by atoms with Gasteiger partial charge in [0, 0.05) is 39.5 Å². The predicted octanol–water partition coefficient (Wildman–Crippen LogP) is 5.53. The van der Waals surface area contributed by atoms with Gasteiger partial charge in [-0.1, -0.05) is 35.5 Å². The zero-order valence-corrected chi connectivity index (χ0v) is 15.9. The second kappa shape index (κ2) is 6.28. The molecule has 2 aliphatic rings. The molecule has 5 heteroatoms. The Kier molecular flexibility index (Phi) is 3.76. The molecule has 3 aromatic rings. The fraction of sp³-hybridized carbons (Fsp3) is 0.0909. The molecule has 27 heavy (non-hydrogen) atoms. The van der Waals surface area contributed by atoms with Crippen LogP contribution in [0.4, 0.5) is 0 Å². The van der Waals surface area contributed by atoms with Crippen molar-refractivity contribution in [3.63, 3.8) is 0 Å². The molecule has 0 radical (unpaired) electrons. The summed E-state index contributed by atoms with van der Waals surface area (Å²) in [7, 11) is 2.04. The molecule has 0 atom stereocenters. The Morgan fingerprint density at radius 3 is 2.74 bits per heavy atom. The fourth-order valence-electron chi connectivity index (χ4n) is 3.32. The number of hydrogen-bond donors (Lipinski definition) is 1. The zero-order chi connectivity index (χ0) is 18.4. The second-order valence-corrected chi connectivity index (χ2v) is 7.82. The first kappa shape index (κ1) is 16.1. The van der Waals surface area contributed by atoms with Gasteiger partial charge in [-0.25, -0.2) is 4.98 Å². The highest BCUT2D eigenvalue weighted by Crippen LogP contribution is 2.44. The highest BCUT2D eigenvalue weighted by atomic mass is 32.2. The Balaban J connectivity index is 1.70. The number of hydrogen-bond acceptors (Lipinski definition) is 3. The Bertz CT molecular complexity index is 1220. The monoisotopic (exact) mass is 370 g/mol. The summed E-state index contributed by atoms with van der Waals surface area (Å²) < 4.78 is 2.08. The molecular weight excluding hydrogens is 352 g/mol. The molecule has 2 aromatic carbocycles. The maximum absolute atomic E-state index is 5.00. The molecule has 0 spiro atoms. The number of nitrogens with zero attached hydrogens (tertiary/aromatic N) is 3. The Morgan fingerprint density at radius 1 is 1.04 bits per heavy atom. The van der Waals surface area contributed by atoms with Crippen LogP contribution in [0.15, 0.2) is 76.8 Å². The van der Waals surface area contributed by atoms with Crippen molar-refractivity contribution >= 4 is 22.7 Å². The van der Waals surface area contributed by atoms with Gasteiger partial charge in [0.15, 0.2) is 0 Å². The maximum atomic E-state index is 5.00. The minimum atomic E-state index is 0.995. The third-order valence-corrected chi connectivity index (χ3v) is 5.90. The minimum absolute atomic E-state index is 0.995. The van der Waals surface area contributed by atoms with Crippen LogP contribution in [-0.2, 0) is 7.05 Å². The van der Waals surface area contributed by atoms with E-state index in [0.717, 1.165) is 28.0 Å². The molecule has 3 heterocycles. The molecule has 0 amide bonds. The lowest BCUT2D eigenvalue weighted by molar-refractivity contribution is 0.891. The number of rotatable bonds is 3. The van der Waals surface area contributed by atoms with Crippen molar-refractivity contribution < 1.29 is 0 Å². The maximum Gasteiger partial charge on any atom is 0.141 e. The van der Waals surface area contributed by atoms with Gasteiger partial charge in [0.25, 0.3) is 0 Å². The molecule has 0 unspecified atom stereocenters. The van der Waals surface area contributed by atoms with E-state index in [1.165, 1.54) is 20.9 Å².